The van der Waals surface area contributed by atoms with Crippen LogP contribution >= 0.6 is 7.82 Å². The lowest BCUT2D eigenvalue weighted by molar-refractivity contribution is -0.193. The van der Waals surface area contributed by atoms with Crippen LogP contribution in [0.1, 0.15) is 6.23 Å². The van der Waals surface area contributed by atoms with Gasteiger partial charge in [0.2, 0.25) is 6.23 Å². The smallest absolute Gasteiger partial charge is 0.497 e. The third-order valence-electron chi connectivity index (χ3n) is 5.96. The summed E-state index contributed by atoms with van der Waals surface area (Å²) >= 11 is 0. The van der Waals surface area contributed by atoms with Crippen LogP contribution < -0.4 is 29.9 Å². The number of methoxy groups -OCH3 is 2. The van der Waals surface area contributed by atoms with Gasteiger partial charge in [0.25, 0.3) is 6.43 Å². The molecule has 1 aliphatic rings. The van der Waals surface area contributed by atoms with Crippen molar-refractivity contribution < 1.29 is 55.0 Å². The number of aliphatic hydroxyl groups is 1. The molecule has 17 heteroatoms. The van der Waals surface area contributed by atoms with Crippen molar-refractivity contribution in [2.75, 3.05) is 26.6 Å². The van der Waals surface area contributed by atoms with Gasteiger partial charge in [-0.25, -0.2) is 18.1 Å². The fourth-order valence-electron chi connectivity index (χ4n) is 3.79. The Bertz CT molecular complexity index is 1410. The molecule has 3 unspecified atom stereocenters. The molecule has 41 heavy (non-hydrogen) atoms. The number of alkyl halides is 4. The molecule has 0 radical (unpaired) electrons. The van der Waals surface area contributed by atoms with Crippen molar-refractivity contribution in [2.45, 2.75) is 30.3 Å². The Morgan fingerprint density at radius 2 is 1.49 bits per heavy atom. The van der Waals surface area contributed by atoms with Crippen LogP contribution in [-0.4, -0.2) is 59.5 Å². The van der Waals surface area contributed by atoms with Gasteiger partial charge in [0.1, 0.15) is 28.8 Å². The number of benzene rings is 2. The van der Waals surface area contributed by atoms with Crippen LogP contribution in [0.5, 0.6) is 23.0 Å². The molecule has 2 aromatic carbocycles. The average molecular weight is 605 g/mol. The molecule has 3 N–H and O–H groups in total. The Hall–Kier alpha value is -3.85. The first-order valence-corrected chi connectivity index (χ1v) is 13.1. The first-order valence-electron chi connectivity index (χ1n) is 11.6. The summed E-state index contributed by atoms with van der Waals surface area (Å²) in [6.07, 6.45) is -9.11. The van der Waals surface area contributed by atoms with Crippen LogP contribution in [0.2, 0.25) is 0 Å². The number of aromatic nitrogens is 2. The van der Waals surface area contributed by atoms with Crippen LogP contribution in [0.4, 0.5) is 23.4 Å². The van der Waals surface area contributed by atoms with E-state index in [1.807, 2.05) is 0 Å². The summed E-state index contributed by atoms with van der Waals surface area (Å²) in [5.74, 6) is -4.29. The van der Waals surface area contributed by atoms with E-state index in [-0.39, 0.29) is 21.9 Å². The van der Waals surface area contributed by atoms with E-state index < -0.39 is 50.4 Å². The van der Waals surface area contributed by atoms with E-state index in [1.165, 1.54) is 62.8 Å². The quantitative estimate of drug-likeness (QED) is 0.243. The summed E-state index contributed by atoms with van der Waals surface area (Å²) in [7, 11) is -2.18. The Kier molecular flexibility index (Phi) is 8.49. The molecule has 0 bridgehead atoms. The van der Waals surface area contributed by atoms with Crippen molar-refractivity contribution in [3.63, 3.8) is 0 Å². The van der Waals surface area contributed by atoms with E-state index in [0.29, 0.717) is 11.5 Å². The van der Waals surface area contributed by atoms with Crippen LogP contribution in [-0.2, 0) is 13.8 Å². The number of nitrogens with zero attached hydrogens (tertiary/aromatic N) is 2. The highest BCUT2D eigenvalue weighted by Gasteiger charge is 2.71. The number of ether oxygens (including phenoxy) is 3. The van der Waals surface area contributed by atoms with Crippen molar-refractivity contribution in [1.82, 2.24) is 9.55 Å². The third kappa shape index (κ3) is 6.10. The van der Waals surface area contributed by atoms with E-state index in [1.54, 1.807) is 0 Å². The molecular weight excluding hydrogens is 581 g/mol. The van der Waals surface area contributed by atoms with Gasteiger partial charge in [0.15, 0.2) is 11.7 Å². The predicted octanol–water partition coefficient (Wildman–Crippen LogP) is 3.65. The van der Waals surface area contributed by atoms with Crippen LogP contribution in [0.15, 0.2) is 65.6 Å². The molecule has 0 aliphatic carbocycles. The molecule has 2 heterocycles. The Labute approximate surface area is 229 Å². The lowest BCUT2D eigenvalue weighted by atomic mass is 9.96. The highest BCUT2D eigenvalue weighted by molar-refractivity contribution is 7.49. The van der Waals surface area contributed by atoms with E-state index in [2.05, 4.69) is 4.98 Å². The number of phosphoric ester groups is 1. The number of nitrogen functional groups attached to an aromatic ring is 1. The second-order valence-corrected chi connectivity index (χ2v) is 10.1. The molecule has 0 spiro atoms. The van der Waals surface area contributed by atoms with Crippen molar-refractivity contribution in [3.8, 4) is 23.0 Å². The predicted molar refractivity (Wildman–Crippen MR) is 134 cm³/mol. The highest BCUT2D eigenvalue weighted by atomic mass is 31.2. The zero-order chi connectivity index (χ0) is 30.0. The maximum atomic E-state index is 15.1. The minimum atomic E-state index is -4.97. The largest absolute Gasteiger partial charge is 0.587 e. The number of nitrogens with two attached hydrogens (primary N) is 1. The summed E-state index contributed by atoms with van der Waals surface area (Å²) in [5, 5.41) is 10.4. The van der Waals surface area contributed by atoms with Gasteiger partial charge in [0, 0.05) is 6.20 Å². The van der Waals surface area contributed by atoms with Gasteiger partial charge in [0.05, 0.1) is 20.8 Å². The van der Waals surface area contributed by atoms with Gasteiger partial charge >= 0.3 is 19.4 Å². The lowest BCUT2D eigenvalue weighted by Crippen LogP contribution is -2.54. The number of aliphatic hydroxyl groups excluding tert-OH is 1. The van der Waals surface area contributed by atoms with Gasteiger partial charge in [-0.2, -0.15) is 13.8 Å². The summed E-state index contributed by atoms with van der Waals surface area (Å²) in [6.45, 7) is -1.63. The molecule has 1 saturated heterocycles. The molecule has 12 nitrogen and oxygen atoms in total. The summed E-state index contributed by atoms with van der Waals surface area (Å²) < 4.78 is 104. The zero-order valence-corrected chi connectivity index (χ0v) is 22.3. The summed E-state index contributed by atoms with van der Waals surface area (Å²) in [5.41, 5.74) is 0.502. The molecule has 0 saturated carbocycles. The van der Waals surface area contributed by atoms with Crippen LogP contribution in [0, 0.1) is 0 Å². The van der Waals surface area contributed by atoms with Gasteiger partial charge in [-0.15, -0.1) is 0 Å². The molecule has 1 aliphatic heterocycles. The van der Waals surface area contributed by atoms with Crippen molar-refractivity contribution >= 4 is 13.6 Å². The van der Waals surface area contributed by atoms with Gasteiger partial charge in [-0.3, -0.25) is 9.09 Å². The number of hydrogen-bond donors (Lipinski definition) is 2. The van der Waals surface area contributed by atoms with Crippen molar-refractivity contribution in [2.24, 2.45) is 0 Å². The maximum Gasteiger partial charge on any atom is 0.587 e. The Morgan fingerprint density at radius 3 is 1.93 bits per heavy atom. The van der Waals surface area contributed by atoms with E-state index in [9.17, 15) is 23.2 Å². The van der Waals surface area contributed by atoms with Crippen LogP contribution in [0.3, 0.4) is 0 Å². The van der Waals surface area contributed by atoms with E-state index in [0.717, 1.165) is 12.3 Å². The molecule has 3 aromatic rings. The normalized spacial score (nSPS) is 22.0. The number of halogens is 4. The third-order valence-corrected chi connectivity index (χ3v) is 7.28. The summed E-state index contributed by atoms with van der Waals surface area (Å²) in [4.78, 5) is 15.4. The SMILES string of the molecule is COc1ccc(OP(=O)(OCC2(C(F)F)OC(n3ccc(N)nc3=O)C(F)(F)C2O)Oc2ccc(OC)cc2)cc1. The topological polar surface area (TPSA) is 154 Å². The van der Waals surface area contributed by atoms with Crippen LogP contribution in [0.25, 0.3) is 0 Å². The standard InChI is InChI=1S/C24H24F4N3O9P/c1-35-14-3-7-16(8-4-14)39-41(34,40-17-9-5-15(36-2)6-10-17)37-13-23(20(25)26)19(32)24(27,28)21(38-23)31-12-11-18(29)30-22(31)33/h3-12,19-21,32H,13H2,1-2H3,(H2,29,30,33). The molecule has 1 fully saturated rings. The Morgan fingerprint density at radius 1 is 1.00 bits per heavy atom. The van der Waals surface area contributed by atoms with Gasteiger partial charge in [-0.1, -0.05) is 0 Å². The first kappa shape index (κ1) is 30.1. The second-order valence-electron chi connectivity index (χ2n) is 8.60. The maximum absolute atomic E-state index is 15.1. The molecule has 1 aromatic heterocycles. The average Bonchev–Trinajstić information content (AvgIpc) is 3.14. The molecule has 222 valence electrons. The summed E-state index contributed by atoms with van der Waals surface area (Å²) in [6, 6.07) is 11.8. The van der Waals surface area contributed by atoms with Gasteiger partial charge < -0.3 is 34.1 Å². The number of phosphoric acid groups is 1. The lowest BCUT2D eigenvalue weighted by Gasteiger charge is -2.31. The number of hydrogen-bond acceptors (Lipinski definition) is 11. The second kappa shape index (κ2) is 11.6. The molecule has 3 atom stereocenters. The minimum Gasteiger partial charge on any atom is -0.497 e. The van der Waals surface area contributed by atoms with Crippen molar-refractivity contribution in [3.05, 3.63) is 71.3 Å². The Balaban J connectivity index is 1.67. The fourth-order valence-corrected chi connectivity index (χ4v) is 5.05. The minimum absolute atomic E-state index is 0.135. The van der Waals surface area contributed by atoms with Crippen molar-refractivity contribution in [1.29, 1.82) is 0 Å². The van der Waals surface area contributed by atoms with E-state index >= 15 is 8.78 Å². The molecule has 4 rings (SSSR count). The van der Waals surface area contributed by atoms with E-state index in [4.69, 9.17) is 33.5 Å². The highest BCUT2D eigenvalue weighted by Crippen LogP contribution is 2.55. The molecular formula is C24H24F4N3O9P. The van der Waals surface area contributed by atoms with Gasteiger partial charge in [-0.05, 0) is 54.6 Å². The molecule has 0 amide bonds. The monoisotopic (exact) mass is 605 g/mol. The first-order chi connectivity index (χ1) is 19.3. The number of rotatable bonds is 11. The fraction of sp³-hybridized carbons (Fsp3) is 0.333. The zero-order valence-electron chi connectivity index (χ0n) is 21.4. The number of anilines is 1.